The van der Waals surface area contributed by atoms with Crippen molar-refractivity contribution in [3.63, 3.8) is 0 Å². The Hall–Kier alpha value is -1.18. The van der Waals surface area contributed by atoms with Gasteiger partial charge in [0.15, 0.2) is 5.96 Å². The molecule has 0 saturated carbocycles. The van der Waals surface area contributed by atoms with Crippen LogP contribution in [-0.2, 0) is 11.3 Å². The number of hydrogen-bond acceptors (Lipinski definition) is 5. The molecule has 3 heterocycles. The van der Waals surface area contributed by atoms with E-state index in [1.807, 2.05) is 13.2 Å². The summed E-state index contributed by atoms with van der Waals surface area (Å²) in [4.78, 5) is 12.6. The summed E-state index contributed by atoms with van der Waals surface area (Å²) in [6.07, 6.45) is 5.49. The van der Waals surface area contributed by atoms with Crippen molar-refractivity contribution >= 4 is 17.3 Å². The Bertz CT molecular complexity index is 533. The van der Waals surface area contributed by atoms with Gasteiger partial charge in [0.1, 0.15) is 5.01 Å². The molecule has 24 heavy (non-hydrogen) atoms. The van der Waals surface area contributed by atoms with Crippen LogP contribution in [0, 0.1) is 12.8 Å². The summed E-state index contributed by atoms with van der Waals surface area (Å²) in [5.74, 6) is 1.62. The van der Waals surface area contributed by atoms with Crippen LogP contribution < -0.4 is 10.6 Å². The van der Waals surface area contributed by atoms with E-state index < -0.39 is 0 Å². The topological polar surface area (TPSA) is 61.8 Å². The van der Waals surface area contributed by atoms with Crippen LogP contribution in [0.4, 0.5) is 0 Å². The van der Waals surface area contributed by atoms with Crippen LogP contribution >= 0.6 is 11.3 Å². The molecule has 0 amide bonds. The number of nitrogens with one attached hydrogen (secondary N) is 2. The first-order valence-corrected chi connectivity index (χ1v) is 9.73. The molecular weight excluding hydrogens is 322 g/mol. The standard InChI is InChI=1S/C17H29N5OS/c1-13-9-19-16(24-13)10-20-17(18-2)21-15-3-6-22(7-4-15)11-14-5-8-23-12-14/h9,14-15H,3-8,10-12H2,1-2H3,(H2,18,20,21). The molecule has 1 unspecified atom stereocenters. The summed E-state index contributed by atoms with van der Waals surface area (Å²) in [7, 11) is 1.83. The molecule has 6 nitrogen and oxygen atoms in total. The van der Waals surface area contributed by atoms with E-state index in [9.17, 15) is 0 Å². The van der Waals surface area contributed by atoms with Crippen molar-refractivity contribution in [2.45, 2.75) is 38.8 Å². The van der Waals surface area contributed by atoms with E-state index in [1.54, 1.807) is 11.3 Å². The number of thiazole rings is 1. The summed E-state index contributed by atoms with van der Waals surface area (Å²) < 4.78 is 5.48. The van der Waals surface area contributed by atoms with Gasteiger partial charge in [0.25, 0.3) is 0 Å². The Morgan fingerprint density at radius 2 is 2.25 bits per heavy atom. The van der Waals surface area contributed by atoms with E-state index in [2.05, 4.69) is 32.4 Å². The van der Waals surface area contributed by atoms with Gasteiger partial charge in [-0.1, -0.05) is 0 Å². The molecule has 7 heteroatoms. The zero-order chi connectivity index (χ0) is 16.8. The Morgan fingerprint density at radius 3 is 2.88 bits per heavy atom. The van der Waals surface area contributed by atoms with E-state index in [0.717, 1.165) is 49.7 Å². The molecule has 1 aromatic heterocycles. The van der Waals surface area contributed by atoms with Gasteiger partial charge in [0.2, 0.25) is 0 Å². The minimum absolute atomic E-state index is 0.505. The number of nitrogens with zero attached hydrogens (tertiary/aromatic N) is 3. The number of aliphatic imine (C=N–C) groups is 1. The van der Waals surface area contributed by atoms with Gasteiger partial charge in [-0.15, -0.1) is 11.3 Å². The highest BCUT2D eigenvalue weighted by Crippen LogP contribution is 2.17. The number of aryl methyl sites for hydroxylation is 1. The number of likely N-dealkylation sites (tertiary alicyclic amines) is 1. The van der Waals surface area contributed by atoms with Gasteiger partial charge < -0.3 is 20.3 Å². The van der Waals surface area contributed by atoms with Gasteiger partial charge in [-0.3, -0.25) is 4.99 Å². The molecule has 2 saturated heterocycles. The zero-order valence-corrected chi connectivity index (χ0v) is 15.6. The first-order valence-electron chi connectivity index (χ1n) is 8.91. The largest absolute Gasteiger partial charge is 0.381 e. The molecule has 0 radical (unpaired) electrons. The molecule has 0 aliphatic carbocycles. The monoisotopic (exact) mass is 351 g/mol. The summed E-state index contributed by atoms with van der Waals surface area (Å²) in [6.45, 7) is 8.24. The van der Waals surface area contributed by atoms with Crippen LogP contribution in [0.1, 0.15) is 29.1 Å². The lowest BCUT2D eigenvalue weighted by molar-refractivity contribution is 0.150. The Morgan fingerprint density at radius 1 is 1.42 bits per heavy atom. The van der Waals surface area contributed by atoms with Crippen molar-refractivity contribution in [3.05, 3.63) is 16.1 Å². The van der Waals surface area contributed by atoms with Gasteiger partial charge in [0.05, 0.1) is 13.2 Å². The molecule has 2 aliphatic heterocycles. The fourth-order valence-corrected chi connectivity index (χ4v) is 4.11. The fraction of sp³-hybridized carbons (Fsp3) is 0.765. The number of rotatable bonds is 5. The number of hydrogen-bond donors (Lipinski definition) is 2. The molecule has 0 spiro atoms. The quantitative estimate of drug-likeness (QED) is 0.623. The summed E-state index contributed by atoms with van der Waals surface area (Å²) in [5, 5.41) is 8.04. The van der Waals surface area contributed by atoms with Crippen molar-refractivity contribution in [3.8, 4) is 0 Å². The van der Waals surface area contributed by atoms with Gasteiger partial charge in [0, 0.05) is 50.4 Å². The first kappa shape index (κ1) is 17.6. The second kappa shape index (κ2) is 8.78. The van der Waals surface area contributed by atoms with Crippen LogP contribution in [0.3, 0.4) is 0 Å². The highest BCUT2D eigenvalue weighted by atomic mass is 32.1. The lowest BCUT2D eigenvalue weighted by Gasteiger charge is -2.34. The van der Waals surface area contributed by atoms with Crippen molar-refractivity contribution in [2.75, 3.05) is 39.9 Å². The number of piperidine rings is 1. The molecule has 2 N–H and O–H groups in total. The first-order chi connectivity index (χ1) is 11.7. The van der Waals surface area contributed by atoms with Gasteiger partial charge in [-0.25, -0.2) is 4.98 Å². The van der Waals surface area contributed by atoms with Crippen molar-refractivity contribution in [1.82, 2.24) is 20.5 Å². The second-order valence-electron chi connectivity index (χ2n) is 6.74. The maximum atomic E-state index is 5.48. The average Bonchev–Trinajstić information content (AvgIpc) is 3.25. The average molecular weight is 352 g/mol. The maximum absolute atomic E-state index is 5.48. The lowest BCUT2D eigenvalue weighted by Crippen LogP contribution is -2.49. The van der Waals surface area contributed by atoms with Crippen LogP contribution in [0.15, 0.2) is 11.2 Å². The van der Waals surface area contributed by atoms with E-state index >= 15 is 0 Å². The van der Waals surface area contributed by atoms with E-state index in [-0.39, 0.29) is 0 Å². The molecule has 2 aliphatic rings. The van der Waals surface area contributed by atoms with E-state index in [4.69, 9.17) is 4.74 Å². The third kappa shape index (κ3) is 5.16. The van der Waals surface area contributed by atoms with Gasteiger partial charge >= 0.3 is 0 Å². The summed E-state index contributed by atoms with van der Waals surface area (Å²) in [6, 6.07) is 0.505. The SMILES string of the molecule is CN=C(NCc1ncc(C)s1)NC1CCN(CC2CCOC2)CC1. The molecule has 1 atom stereocenters. The fourth-order valence-electron chi connectivity index (χ4n) is 3.38. The highest BCUT2D eigenvalue weighted by molar-refractivity contribution is 7.11. The van der Waals surface area contributed by atoms with Crippen molar-refractivity contribution in [1.29, 1.82) is 0 Å². The van der Waals surface area contributed by atoms with Crippen LogP contribution in [0.25, 0.3) is 0 Å². The van der Waals surface area contributed by atoms with Gasteiger partial charge in [-0.05, 0) is 32.1 Å². The Balaban J connectivity index is 1.37. The molecule has 3 rings (SSSR count). The third-order valence-electron chi connectivity index (χ3n) is 4.77. The Kier molecular flexibility index (Phi) is 6.45. The Labute approximate surface area is 148 Å². The van der Waals surface area contributed by atoms with Gasteiger partial charge in [-0.2, -0.15) is 0 Å². The third-order valence-corrected chi connectivity index (χ3v) is 5.68. The molecular formula is C17H29N5OS. The minimum atomic E-state index is 0.505. The molecule has 2 fully saturated rings. The predicted octanol–water partition coefficient (Wildman–Crippen LogP) is 1.62. The zero-order valence-electron chi connectivity index (χ0n) is 14.8. The molecule has 0 bridgehead atoms. The number of aromatic nitrogens is 1. The molecule has 134 valence electrons. The van der Waals surface area contributed by atoms with Crippen LogP contribution in [0.2, 0.25) is 0 Å². The van der Waals surface area contributed by atoms with Crippen LogP contribution in [0.5, 0.6) is 0 Å². The normalized spacial score (nSPS) is 23.6. The van der Waals surface area contributed by atoms with E-state index in [0.29, 0.717) is 6.04 Å². The lowest BCUT2D eigenvalue weighted by atomic mass is 10.0. The second-order valence-corrected chi connectivity index (χ2v) is 8.06. The van der Waals surface area contributed by atoms with E-state index in [1.165, 1.54) is 30.7 Å². The number of guanidine groups is 1. The van der Waals surface area contributed by atoms with Crippen LogP contribution in [-0.4, -0.2) is 61.8 Å². The van der Waals surface area contributed by atoms with Crippen molar-refractivity contribution < 1.29 is 4.74 Å². The summed E-state index contributed by atoms with van der Waals surface area (Å²) >= 11 is 1.73. The summed E-state index contributed by atoms with van der Waals surface area (Å²) in [5.41, 5.74) is 0. The highest BCUT2D eigenvalue weighted by Gasteiger charge is 2.24. The maximum Gasteiger partial charge on any atom is 0.191 e. The molecule has 1 aromatic rings. The molecule has 0 aromatic carbocycles. The van der Waals surface area contributed by atoms with Crippen molar-refractivity contribution in [2.24, 2.45) is 10.9 Å². The minimum Gasteiger partial charge on any atom is -0.381 e. The predicted molar refractivity (Wildman–Crippen MR) is 98.6 cm³/mol. The smallest absolute Gasteiger partial charge is 0.191 e. The number of ether oxygens (including phenoxy) is 1.